The van der Waals surface area contributed by atoms with Gasteiger partial charge < -0.3 is 5.32 Å². The lowest BCUT2D eigenvalue weighted by atomic mass is 9.95. The van der Waals surface area contributed by atoms with Crippen molar-refractivity contribution in [1.82, 2.24) is 4.90 Å². The molecule has 0 bridgehead atoms. The Balaban J connectivity index is 1.35. The maximum atomic E-state index is 12.6. The van der Waals surface area contributed by atoms with E-state index in [1.807, 2.05) is 25.1 Å². The van der Waals surface area contributed by atoms with Crippen LogP contribution in [0.1, 0.15) is 24.0 Å². The fraction of sp³-hybridized carbons (Fsp3) is 0.292. The van der Waals surface area contributed by atoms with E-state index in [4.69, 9.17) is 11.6 Å². The van der Waals surface area contributed by atoms with E-state index in [0.717, 1.165) is 43.7 Å². The molecule has 1 aliphatic rings. The van der Waals surface area contributed by atoms with Crippen molar-refractivity contribution in [3.05, 3.63) is 76.8 Å². The van der Waals surface area contributed by atoms with Crippen LogP contribution in [-0.4, -0.2) is 23.9 Å². The Labute approximate surface area is 171 Å². The smallest absolute Gasteiger partial charge is 0.227 e. The SMILES string of the molecule is Cc1ccc(NC(=O)C2CCN(Cc3cccc4ccccc34)CC2)cc1Cl. The maximum absolute atomic E-state index is 12.6. The zero-order chi connectivity index (χ0) is 19.5. The monoisotopic (exact) mass is 392 g/mol. The summed E-state index contributed by atoms with van der Waals surface area (Å²) in [6.07, 6.45) is 1.77. The molecule has 28 heavy (non-hydrogen) atoms. The van der Waals surface area contributed by atoms with Gasteiger partial charge >= 0.3 is 0 Å². The summed E-state index contributed by atoms with van der Waals surface area (Å²) in [6.45, 7) is 4.77. The molecule has 0 saturated carbocycles. The van der Waals surface area contributed by atoms with Crippen LogP contribution in [0, 0.1) is 12.8 Å². The molecule has 1 aliphatic heterocycles. The van der Waals surface area contributed by atoms with Gasteiger partial charge in [-0.25, -0.2) is 0 Å². The van der Waals surface area contributed by atoms with E-state index in [1.54, 1.807) is 0 Å². The number of hydrogen-bond acceptors (Lipinski definition) is 2. The Bertz CT molecular complexity index is 988. The van der Waals surface area contributed by atoms with Gasteiger partial charge in [0.25, 0.3) is 0 Å². The Morgan fingerprint density at radius 1 is 1.07 bits per heavy atom. The fourth-order valence-electron chi connectivity index (χ4n) is 3.94. The average Bonchev–Trinajstić information content (AvgIpc) is 2.71. The first-order valence-electron chi connectivity index (χ1n) is 9.86. The number of nitrogens with zero attached hydrogens (tertiary/aromatic N) is 1. The van der Waals surface area contributed by atoms with Gasteiger partial charge in [-0.1, -0.05) is 60.1 Å². The molecule has 0 aromatic heterocycles. The molecule has 0 spiro atoms. The number of piperidine rings is 1. The predicted octanol–water partition coefficient (Wildman–Crippen LogP) is 5.65. The number of likely N-dealkylation sites (tertiary alicyclic amines) is 1. The Morgan fingerprint density at radius 2 is 1.82 bits per heavy atom. The first kappa shape index (κ1) is 19.0. The molecule has 0 atom stereocenters. The molecule has 4 rings (SSSR count). The van der Waals surface area contributed by atoms with Gasteiger partial charge in [-0.05, 0) is 66.9 Å². The minimum absolute atomic E-state index is 0.0591. The predicted molar refractivity (Wildman–Crippen MR) is 117 cm³/mol. The minimum Gasteiger partial charge on any atom is -0.326 e. The van der Waals surface area contributed by atoms with Crippen LogP contribution in [0.3, 0.4) is 0 Å². The normalized spacial score (nSPS) is 15.6. The number of rotatable bonds is 4. The minimum atomic E-state index is 0.0591. The van der Waals surface area contributed by atoms with Gasteiger partial charge in [0.2, 0.25) is 5.91 Å². The number of anilines is 1. The summed E-state index contributed by atoms with van der Waals surface area (Å²) in [7, 11) is 0. The number of aryl methyl sites for hydroxylation is 1. The molecule has 1 amide bonds. The van der Waals surface area contributed by atoms with Crippen molar-refractivity contribution in [3.63, 3.8) is 0 Å². The molecule has 1 saturated heterocycles. The molecule has 144 valence electrons. The lowest BCUT2D eigenvalue weighted by Gasteiger charge is -2.31. The van der Waals surface area contributed by atoms with Gasteiger partial charge in [0.1, 0.15) is 0 Å². The van der Waals surface area contributed by atoms with Crippen LogP contribution in [-0.2, 0) is 11.3 Å². The molecule has 3 aromatic rings. The van der Waals surface area contributed by atoms with Crippen molar-refractivity contribution in [2.75, 3.05) is 18.4 Å². The lowest BCUT2D eigenvalue weighted by Crippen LogP contribution is -2.37. The van der Waals surface area contributed by atoms with Crippen LogP contribution in [0.5, 0.6) is 0 Å². The highest BCUT2D eigenvalue weighted by atomic mass is 35.5. The number of amides is 1. The van der Waals surface area contributed by atoms with E-state index in [9.17, 15) is 4.79 Å². The van der Waals surface area contributed by atoms with E-state index in [0.29, 0.717) is 5.02 Å². The van der Waals surface area contributed by atoms with Crippen molar-refractivity contribution >= 4 is 34.0 Å². The molecule has 0 radical (unpaired) electrons. The molecule has 1 N–H and O–H groups in total. The molecule has 1 heterocycles. The zero-order valence-corrected chi connectivity index (χ0v) is 16.9. The number of halogens is 1. The van der Waals surface area contributed by atoms with Gasteiger partial charge in [0.05, 0.1) is 0 Å². The van der Waals surface area contributed by atoms with E-state index in [-0.39, 0.29) is 11.8 Å². The molecule has 0 unspecified atom stereocenters. The summed E-state index contributed by atoms with van der Waals surface area (Å²) in [4.78, 5) is 15.1. The second-order valence-corrected chi connectivity index (χ2v) is 8.05. The largest absolute Gasteiger partial charge is 0.326 e. The van der Waals surface area contributed by atoms with E-state index >= 15 is 0 Å². The van der Waals surface area contributed by atoms with Crippen molar-refractivity contribution in [2.45, 2.75) is 26.3 Å². The third-order valence-corrected chi connectivity index (χ3v) is 6.08. The highest BCUT2D eigenvalue weighted by molar-refractivity contribution is 6.31. The summed E-state index contributed by atoms with van der Waals surface area (Å²) >= 11 is 6.16. The molecule has 0 aliphatic carbocycles. The number of benzene rings is 3. The highest BCUT2D eigenvalue weighted by Gasteiger charge is 2.25. The van der Waals surface area contributed by atoms with Crippen LogP contribution in [0.2, 0.25) is 5.02 Å². The molecular weight excluding hydrogens is 368 g/mol. The van der Waals surface area contributed by atoms with E-state index < -0.39 is 0 Å². The van der Waals surface area contributed by atoms with Crippen molar-refractivity contribution in [3.8, 4) is 0 Å². The van der Waals surface area contributed by atoms with Crippen molar-refractivity contribution in [2.24, 2.45) is 5.92 Å². The van der Waals surface area contributed by atoms with Crippen LogP contribution >= 0.6 is 11.6 Å². The zero-order valence-electron chi connectivity index (χ0n) is 16.1. The Hall–Kier alpha value is -2.36. The first-order valence-corrected chi connectivity index (χ1v) is 10.2. The van der Waals surface area contributed by atoms with Crippen LogP contribution in [0.25, 0.3) is 10.8 Å². The lowest BCUT2D eigenvalue weighted by molar-refractivity contribution is -0.121. The highest BCUT2D eigenvalue weighted by Crippen LogP contribution is 2.25. The molecule has 1 fully saturated rings. The van der Waals surface area contributed by atoms with Crippen LogP contribution in [0.15, 0.2) is 60.7 Å². The molecule has 3 nitrogen and oxygen atoms in total. The number of carbonyl (C=O) groups is 1. The average molecular weight is 393 g/mol. The summed E-state index contributed by atoms with van der Waals surface area (Å²) in [6, 6.07) is 20.7. The van der Waals surface area contributed by atoms with Crippen molar-refractivity contribution in [1.29, 1.82) is 0 Å². The van der Waals surface area contributed by atoms with Gasteiger partial charge in [-0.2, -0.15) is 0 Å². The third kappa shape index (κ3) is 4.21. The number of carbonyl (C=O) groups excluding carboxylic acids is 1. The summed E-state index contributed by atoms with van der Waals surface area (Å²) < 4.78 is 0. The van der Waals surface area contributed by atoms with E-state index in [2.05, 4.69) is 52.7 Å². The maximum Gasteiger partial charge on any atom is 0.227 e. The quantitative estimate of drug-likeness (QED) is 0.622. The van der Waals surface area contributed by atoms with Gasteiger partial charge in [0, 0.05) is 23.2 Å². The molecule has 4 heteroatoms. The molecular formula is C24H25ClN2O. The Morgan fingerprint density at radius 3 is 2.61 bits per heavy atom. The standard InChI is InChI=1S/C24H25ClN2O/c1-17-9-10-21(15-23(17)25)26-24(28)19-11-13-27(14-12-19)16-20-7-4-6-18-5-2-3-8-22(18)20/h2-10,15,19H,11-14,16H2,1H3,(H,26,28). The third-order valence-electron chi connectivity index (χ3n) is 5.67. The van der Waals surface area contributed by atoms with E-state index in [1.165, 1.54) is 16.3 Å². The number of fused-ring (bicyclic) bond motifs is 1. The van der Waals surface area contributed by atoms with Crippen molar-refractivity contribution < 1.29 is 4.79 Å². The summed E-state index contributed by atoms with van der Waals surface area (Å²) in [5.41, 5.74) is 3.15. The van der Waals surface area contributed by atoms with Gasteiger partial charge in [0.15, 0.2) is 0 Å². The van der Waals surface area contributed by atoms with Crippen LogP contribution < -0.4 is 5.32 Å². The number of hydrogen-bond donors (Lipinski definition) is 1. The summed E-state index contributed by atoms with van der Waals surface area (Å²) in [5.74, 6) is 0.161. The second-order valence-electron chi connectivity index (χ2n) is 7.64. The second kappa shape index (κ2) is 8.34. The van der Waals surface area contributed by atoms with Gasteiger partial charge in [-0.3, -0.25) is 9.69 Å². The topological polar surface area (TPSA) is 32.3 Å². The van der Waals surface area contributed by atoms with Gasteiger partial charge in [-0.15, -0.1) is 0 Å². The first-order chi connectivity index (χ1) is 13.6. The fourth-order valence-corrected chi connectivity index (χ4v) is 4.12. The Kier molecular flexibility index (Phi) is 5.65. The number of nitrogens with one attached hydrogen (secondary N) is 1. The summed E-state index contributed by atoms with van der Waals surface area (Å²) in [5, 5.41) is 6.31. The van der Waals surface area contributed by atoms with Crippen LogP contribution in [0.4, 0.5) is 5.69 Å². The molecule has 3 aromatic carbocycles.